The van der Waals surface area contributed by atoms with E-state index >= 15 is 0 Å². The van der Waals surface area contributed by atoms with E-state index in [1.807, 2.05) is 0 Å². The minimum absolute atomic E-state index is 0.0232. The van der Waals surface area contributed by atoms with E-state index in [0.717, 1.165) is 18.7 Å². The summed E-state index contributed by atoms with van der Waals surface area (Å²) in [4.78, 5) is 11.7. The molecule has 4 heteroatoms. The van der Waals surface area contributed by atoms with Gasteiger partial charge in [0.05, 0.1) is 6.54 Å². The maximum absolute atomic E-state index is 11.7. The monoisotopic (exact) mass is 292 g/mol. The fourth-order valence-electron chi connectivity index (χ4n) is 2.32. The van der Waals surface area contributed by atoms with E-state index in [0.29, 0.717) is 11.6 Å². The van der Waals surface area contributed by atoms with Crippen LogP contribution in [0.2, 0.25) is 5.02 Å². The Hall–Kier alpha value is -1.32. The number of anilines is 1. The van der Waals surface area contributed by atoms with Crippen LogP contribution in [0.1, 0.15) is 32.1 Å². The molecular formula is C16H21ClN2O. The summed E-state index contributed by atoms with van der Waals surface area (Å²) in [5.74, 6) is -0.0232. The number of rotatable bonds is 6. The number of carbonyl (C=O) groups excluding carboxylic acids is 1. The summed E-state index contributed by atoms with van der Waals surface area (Å²) in [5, 5.41) is 6.69. The van der Waals surface area contributed by atoms with Crippen LogP contribution < -0.4 is 10.6 Å². The van der Waals surface area contributed by atoms with Gasteiger partial charge in [-0.2, -0.15) is 0 Å². The Morgan fingerprint density at radius 2 is 2.00 bits per heavy atom. The molecule has 1 aromatic rings. The first-order valence-corrected chi connectivity index (χ1v) is 7.56. The highest BCUT2D eigenvalue weighted by Crippen LogP contribution is 2.19. The molecule has 0 fully saturated rings. The van der Waals surface area contributed by atoms with E-state index in [2.05, 4.69) is 16.7 Å². The summed E-state index contributed by atoms with van der Waals surface area (Å²) in [6, 6.07) is 7.13. The smallest absolute Gasteiger partial charge is 0.238 e. The molecule has 108 valence electrons. The second-order valence-electron chi connectivity index (χ2n) is 5.09. The molecule has 0 spiro atoms. The van der Waals surface area contributed by atoms with Gasteiger partial charge in [-0.1, -0.05) is 23.3 Å². The zero-order valence-electron chi connectivity index (χ0n) is 11.6. The van der Waals surface area contributed by atoms with Crippen LogP contribution >= 0.6 is 11.6 Å². The highest BCUT2D eigenvalue weighted by Gasteiger charge is 2.04. The molecular weight excluding hydrogens is 272 g/mol. The summed E-state index contributed by atoms with van der Waals surface area (Å²) in [5.41, 5.74) is 2.30. The Bertz CT molecular complexity index is 468. The van der Waals surface area contributed by atoms with Crippen LogP contribution in [-0.2, 0) is 4.79 Å². The third kappa shape index (κ3) is 5.35. The molecule has 1 aliphatic rings. The predicted octanol–water partition coefficient (Wildman–Crippen LogP) is 3.76. The van der Waals surface area contributed by atoms with Crippen molar-refractivity contribution in [2.45, 2.75) is 32.1 Å². The van der Waals surface area contributed by atoms with E-state index in [1.54, 1.807) is 24.3 Å². The molecule has 1 amide bonds. The van der Waals surface area contributed by atoms with Crippen molar-refractivity contribution < 1.29 is 4.79 Å². The maximum Gasteiger partial charge on any atom is 0.238 e. The van der Waals surface area contributed by atoms with E-state index in [1.165, 1.54) is 31.3 Å². The van der Waals surface area contributed by atoms with Crippen LogP contribution in [0.25, 0.3) is 0 Å². The molecule has 0 unspecified atom stereocenters. The van der Waals surface area contributed by atoms with Gasteiger partial charge in [0.2, 0.25) is 5.91 Å². The molecule has 0 bridgehead atoms. The molecule has 0 aromatic heterocycles. The number of halogens is 1. The minimum Gasteiger partial charge on any atom is -0.325 e. The van der Waals surface area contributed by atoms with Gasteiger partial charge < -0.3 is 10.6 Å². The third-order valence-corrected chi connectivity index (χ3v) is 3.67. The molecule has 2 rings (SSSR count). The zero-order chi connectivity index (χ0) is 14.2. The molecule has 0 saturated heterocycles. The topological polar surface area (TPSA) is 41.1 Å². The lowest BCUT2D eigenvalue weighted by Crippen LogP contribution is -2.29. The summed E-state index contributed by atoms with van der Waals surface area (Å²) < 4.78 is 0. The van der Waals surface area contributed by atoms with Crippen LogP contribution in [0.15, 0.2) is 35.9 Å². The van der Waals surface area contributed by atoms with E-state index in [4.69, 9.17) is 11.6 Å². The third-order valence-electron chi connectivity index (χ3n) is 3.42. The quantitative estimate of drug-likeness (QED) is 0.619. The molecule has 3 nitrogen and oxygen atoms in total. The molecule has 0 atom stereocenters. The summed E-state index contributed by atoms with van der Waals surface area (Å²) >= 11 is 5.79. The molecule has 20 heavy (non-hydrogen) atoms. The average Bonchev–Trinajstić information content (AvgIpc) is 2.47. The Kier molecular flexibility index (Phi) is 6.09. The Labute approximate surface area is 125 Å². The van der Waals surface area contributed by atoms with E-state index < -0.39 is 0 Å². The molecule has 1 aromatic carbocycles. The van der Waals surface area contributed by atoms with Gasteiger partial charge in [-0.15, -0.1) is 0 Å². The van der Waals surface area contributed by atoms with Gasteiger partial charge in [-0.05, 0) is 62.9 Å². The molecule has 0 heterocycles. The molecule has 1 aliphatic carbocycles. The number of allylic oxidation sites excluding steroid dienone is 1. The number of hydrogen-bond acceptors (Lipinski definition) is 2. The lowest BCUT2D eigenvalue weighted by molar-refractivity contribution is -0.115. The van der Waals surface area contributed by atoms with Crippen LogP contribution in [0.5, 0.6) is 0 Å². The van der Waals surface area contributed by atoms with Gasteiger partial charge in [0, 0.05) is 10.7 Å². The number of nitrogens with one attached hydrogen (secondary N) is 2. The van der Waals surface area contributed by atoms with Crippen LogP contribution in [0, 0.1) is 0 Å². The standard InChI is InChI=1S/C16H21ClN2O/c17-14-6-8-15(9-7-14)19-16(20)12-18-11-10-13-4-2-1-3-5-13/h4,6-9,18H,1-3,5,10-12H2,(H,19,20). The summed E-state index contributed by atoms with van der Waals surface area (Å²) in [6.07, 6.45) is 8.46. The summed E-state index contributed by atoms with van der Waals surface area (Å²) in [7, 11) is 0. The molecule has 0 aliphatic heterocycles. The van der Waals surface area contributed by atoms with Crippen molar-refractivity contribution in [3.63, 3.8) is 0 Å². The van der Waals surface area contributed by atoms with Gasteiger partial charge in [0.25, 0.3) is 0 Å². The highest BCUT2D eigenvalue weighted by molar-refractivity contribution is 6.30. The van der Waals surface area contributed by atoms with Gasteiger partial charge in [-0.25, -0.2) is 0 Å². The molecule has 0 saturated carbocycles. The van der Waals surface area contributed by atoms with Crippen LogP contribution in [0.4, 0.5) is 5.69 Å². The first-order chi connectivity index (χ1) is 9.74. The lowest BCUT2D eigenvalue weighted by Gasteiger charge is -2.13. The molecule has 2 N–H and O–H groups in total. The fraction of sp³-hybridized carbons (Fsp3) is 0.438. The van der Waals surface area contributed by atoms with Crippen molar-refractivity contribution in [2.75, 3.05) is 18.4 Å². The number of carbonyl (C=O) groups is 1. The normalized spacial score (nSPS) is 14.8. The van der Waals surface area contributed by atoms with Gasteiger partial charge >= 0.3 is 0 Å². The van der Waals surface area contributed by atoms with Crippen molar-refractivity contribution in [3.05, 3.63) is 40.9 Å². The van der Waals surface area contributed by atoms with Gasteiger partial charge in [0.15, 0.2) is 0 Å². The van der Waals surface area contributed by atoms with E-state index in [-0.39, 0.29) is 5.91 Å². The number of benzene rings is 1. The predicted molar refractivity (Wildman–Crippen MR) is 84.1 cm³/mol. The van der Waals surface area contributed by atoms with Gasteiger partial charge in [0.1, 0.15) is 0 Å². The maximum atomic E-state index is 11.7. The summed E-state index contributed by atoms with van der Waals surface area (Å²) in [6.45, 7) is 1.20. The highest BCUT2D eigenvalue weighted by atomic mass is 35.5. The first kappa shape index (κ1) is 15.1. The number of hydrogen-bond donors (Lipinski definition) is 2. The van der Waals surface area contributed by atoms with Gasteiger partial charge in [-0.3, -0.25) is 4.79 Å². The fourth-order valence-corrected chi connectivity index (χ4v) is 2.45. The zero-order valence-corrected chi connectivity index (χ0v) is 12.4. The van der Waals surface area contributed by atoms with Crippen LogP contribution in [-0.4, -0.2) is 19.0 Å². The second kappa shape index (κ2) is 8.08. The minimum atomic E-state index is -0.0232. The second-order valence-corrected chi connectivity index (χ2v) is 5.53. The van der Waals surface area contributed by atoms with Crippen molar-refractivity contribution >= 4 is 23.2 Å². The lowest BCUT2D eigenvalue weighted by atomic mass is 9.97. The Morgan fingerprint density at radius 1 is 1.20 bits per heavy atom. The van der Waals surface area contributed by atoms with Crippen molar-refractivity contribution in [1.82, 2.24) is 5.32 Å². The van der Waals surface area contributed by atoms with Crippen molar-refractivity contribution in [3.8, 4) is 0 Å². The van der Waals surface area contributed by atoms with E-state index in [9.17, 15) is 4.79 Å². The SMILES string of the molecule is O=C(CNCCC1=CCCCC1)Nc1ccc(Cl)cc1. The Balaban J connectivity index is 1.62. The average molecular weight is 293 g/mol. The van der Waals surface area contributed by atoms with Crippen molar-refractivity contribution in [2.24, 2.45) is 0 Å². The van der Waals surface area contributed by atoms with Crippen molar-refractivity contribution in [1.29, 1.82) is 0 Å². The Morgan fingerprint density at radius 3 is 2.70 bits per heavy atom. The molecule has 0 radical (unpaired) electrons. The first-order valence-electron chi connectivity index (χ1n) is 7.18. The largest absolute Gasteiger partial charge is 0.325 e. The number of amides is 1. The van der Waals surface area contributed by atoms with Crippen LogP contribution in [0.3, 0.4) is 0 Å².